The Morgan fingerprint density at radius 3 is 2.46 bits per heavy atom. The molecule has 2 aliphatic rings. The molecule has 2 aliphatic carbocycles. The number of amides is 1. The van der Waals surface area contributed by atoms with Gasteiger partial charge in [-0.05, 0) is 32.1 Å². The number of nitrogens with one attached hydrogen (secondary N) is 3. The fourth-order valence-electron chi connectivity index (χ4n) is 3.98. The molecular formula is C19H36N4O2S. The second-order valence-corrected chi connectivity index (χ2v) is 9.46. The van der Waals surface area contributed by atoms with E-state index >= 15 is 0 Å². The van der Waals surface area contributed by atoms with Crippen molar-refractivity contribution in [2.24, 2.45) is 4.99 Å². The third-order valence-electron chi connectivity index (χ3n) is 5.46. The molecule has 0 saturated heterocycles. The molecule has 0 radical (unpaired) electrons. The lowest BCUT2D eigenvalue weighted by Gasteiger charge is -2.30. The SMILES string of the molecule is CCS(=O)C1CCCC(NC(=NC)NCCC(=O)NC2CCCCC2)C1. The van der Waals surface area contributed by atoms with E-state index in [2.05, 4.69) is 20.9 Å². The largest absolute Gasteiger partial charge is 0.356 e. The molecular weight excluding hydrogens is 348 g/mol. The minimum absolute atomic E-state index is 0.121. The maximum atomic E-state index is 12.1. The third kappa shape index (κ3) is 7.25. The van der Waals surface area contributed by atoms with Crippen LogP contribution in [0.5, 0.6) is 0 Å². The van der Waals surface area contributed by atoms with E-state index in [0.29, 0.717) is 30.3 Å². The number of rotatable bonds is 7. The quantitative estimate of drug-likeness (QED) is 0.463. The standard InChI is InChI=1S/C19H36N4O2S/c1-3-26(25)17-11-7-10-16(14-17)23-19(20-2)21-13-12-18(24)22-15-8-5-4-6-9-15/h15-17H,3-14H2,1-2H3,(H,22,24)(H2,20,21,23). The van der Waals surface area contributed by atoms with E-state index in [1.165, 1.54) is 19.3 Å². The summed E-state index contributed by atoms with van der Waals surface area (Å²) in [7, 11) is 1.03. The molecule has 2 rings (SSSR count). The van der Waals surface area contributed by atoms with Crippen molar-refractivity contribution < 1.29 is 9.00 Å². The van der Waals surface area contributed by atoms with Gasteiger partial charge in [0.25, 0.3) is 0 Å². The molecule has 0 aromatic carbocycles. The van der Waals surface area contributed by atoms with Crippen LogP contribution < -0.4 is 16.0 Å². The lowest BCUT2D eigenvalue weighted by Crippen LogP contribution is -2.47. The Morgan fingerprint density at radius 1 is 1.04 bits per heavy atom. The van der Waals surface area contributed by atoms with Crippen LogP contribution in [0.15, 0.2) is 4.99 Å². The lowest BCUT2D eigenvalue weighted by molar-refractivity contribution is -0.121. The summed E-state index contributed by atoms with van der Waals surface area (Å²) in [6.45, 7) is 2.57. The van der Waals surface area contributed by atoms with Gasteiger partial charge in [-0.2, -0.15) is 0 Å². The average molecular weight is 385 g/mol. The molecule has 2 fully saturated rings. The van der Waals surface area contributed by atoms with Crippen LogP contribution in [0.1, 0.15) is 71.1 Å². The Labute approximate surface area is 160 Å². The van der Waals surface area contributed by atoms with Crippen molar-refractivity contribution >= 4 is 22.7 Å². The molecule has 0 aromatic rings. The number of nitrogens with zero attached hydrogens (tertiary/aromatic N) is 1. The van der Waals surface area contributed by atoms with E-state index in [1.54, 1.807) is 7.05 Å². The van der Waals surface area contributed by atoms with Gasteiger partial charge in [-0.3, -0.25) is 14.0 Å². The number of aliphatic imine (C=N–C) groups is 1. The molecule has 1 amide bonds. The Balaban J connectivity index is 1.67. The Hall–Kier alpha value is -1.11. The Kier molecular flexibility index (Phi) is 9.43. The fourth-order valence-corrected chi connectivity index (χ4v) is 5.33. The first kappa shape index (κ1) is 21.2. The molecule has 0 spiro atoms. The van der Waals surface area contributed by atoms with Crippen LogP contribution >= 0.6 is 0 Å². The number of carbonyl (C=O) groups is 1. The van der Waals surface area contributed by atoms with Crippen molar-refractivity contribution in [3.63, 3.8) is 0 Å². The molecule has 3 atom stereocenters. The zero-order valence-electron chi connectivity index (χ0n) is 16.4. The topological polar surface area (TPSA) is 82.6 Å². The van der Waals surface area contributed by atoms with Crippen molar-refractivity contribution in [2.75, 3.05) is 19.3 Å². The minimum Gasteiger partial charge on any atom is -0.356 e. The highest BCUT2D eigenvalue weighted by molar-refractivity contribution is 7.85. The highest BCUT2D eigenvalue weighted by atomic mass is 32.2. The fraction of sp³-hybridized carbons (Fsp3) is 0.895. The zero-order valence-corrected chi connectivity index (χ0v) is 17.2. The third-order valence-corrected chi connectivity index (χ3v) is 7.20. The van der Waals surface area contributed by atoms with Gasteiger partial charge in [0, 0.05) is 53.9 Å². The van der Waals surface area contributed by atoms with E-state index in [4.69, 9.17) is 0 Å². The van der Waals surface area contributed by atoms with E-state index in [-0.39, 0.29) is 5.91 Å². The molecule has 2 saturated carbocycles. The molecule has 3 unspecified atom stereocenters. The van der Waals surface area contributed by atoms with E-state index in [1.807, 2.05) is 6.92 Å². The smallest absolute Gasteiger partial charge is 0.221 e. The predicted molar refractivity (Wildman–Crippen MR) is 109 cm³/mol. The van der Waals surface area contributed by atoms with Crippen molar-refractivity contribution in [1.82, 2.24) is 16.0 Å². The summed E-state index contributed by atoms with van der Waals surface area (Å²) in [6, 6.07) is 0.679. The van der Waals surface area contributed by atoms with Gasteiger partial charge in [-0.15, -0.1) is 0 Å². The van der Waals surface area contributed by atoms with Crippen molar-refractivity contribution in [3.05, 3.63) is 0 Å². The van der Waals surface area contributed by atoms with Crippen LogP contribution in [-0.2, 0) is 15.6 Å². The maximum absolute atomic E-state index is 12.1. The molecule has 0 aromatic heterocycles. The van der Waals surface area contributed by atoms with Crippen LogP contribution in [0.4, 0.5) is 0 Å². The molecule has 26 heavy (non-hydrogen) atoms. The van der Waals surface area contributed by atoms with Gasteiger partial charge in [0.05, 0.1) is 0 Å². The summed E-state index contributed by atoms with van der Waals surface area (Å²) in [5, 5.41) is 10.1. The number of hydrogen-bond acceptors (Lipinski definition) is 3. The Morgan fingerprint density at radius 2 is 1.77 bits per heavy atom. The predicted octanol–water partition coefficient (Wildman–Crippen LogP) is 2.07. The van der Waals surface area contributed by atoms with Crippen LogP contribution in [0.3, 0.4) is 0 Å². The highest BCUT2D eigenvalue weighted by Gasteiger charge is 2.26. The van der Waals surface area contributed by atoms with Gasteiger partial charge >= 0.3 is 0 Å². The first-order valence-electron chi connectivity index (χ1n) is 10.3. The highest BCUT2D eigenvalue weighted by Crippen LogP contribution is 2.23. The van der Waals surface area contributed by atoms with E-state index in [9.17, 15) is 9.00 Å². The first-order valence-corrected chi connectivity index (χ1v) is 11.6. The summed E-state index contributed by atoms with van der Waals surface area (Å²) >= 11 is 0. The number of hydrogen-bond donors (Lipinski definition) is 3. The zero-order chi connectivity index (χ0) is 18.8. The molecule has 150 valence electrons. The van der Waals surface area contributed by atoms with Crippen molar-refractivity contribution in [3.8, 4) is 0 Å². The number of guanidine groups is 1. The van der Waals surface area contributed by atoms with Crippen LogP contribution in [0.2, 0.25) is 0 Å². The van der Waals surface area contributed by atoms with Crippen molar-refractivity contribution in [1.29, 1.82) is 0 Å². The van der Waals surface area contributed by atoms with Gasteiger partial charge in [0.15, 0.2) is 5.96 Å². The second kappa shape index (κ2) is 11.6. The van der Waals surface area contributed by atoms with Crippen molar-refractivity contribution in [2.45, 2.75) is 88.5 Å². The van der Waals surface area contributed by atoms with Gasteiger partial charge in [0.2, 0.25) is 5.91 Å². The normalized spacial score (nSPS) is 26.2. The average Bonchev–Trinajstić information content (AvgIpc) is 2.67. The molecule has 0 aliphatic heterocycles. The minimum atomic E-state index is -0.720. The Bertz CT molecular complexity index is 492. The molecule has 6 nitrogen and oxygen atoms in total. The summed E-state index contributed by atoms with van der Waals surface area (Å²) < 4.78 is 12.1. The molecule has 7 heteroatoms. The van der Waals surface area contributed by atoms with E-state index in [0.717, 1.165) is 50.2 Å². The molecule has 3 N–H and O–H groups in total. The summed E-state index contributed by atoms with van der Waals surface area (Å²) in [4.78, 5) is 16.3. The van der Waals surface area contributed by atoms with Crippen LogP contribution in [0, 0.1) is 0 Å². The second-order valence-electron chi connectivity index (χ2n) is 7.45. The van der Waals surface area contributed by atoms with Crippen LogP contribution in [-0.4, -0.2) is 52.8 Å². The monoisotopic (exact) mass is 384 g/mol. The van der Waals surface area contributed by atoms with Gasteiger partial charge in [-0.25, -0.2) is 0 Å². The maximum Gasteiger partial charge on any atom is 0.221 e. The summed E-state index contributed by atoms with van der Waals surface area (Å²) in [6.07, 6.45) is 10.6. The van der Waals surface area contributed by atoms with Crippen LogP contribution in [0.25, 0.3) is 0 Å². The summed E-state index contributed by atoms with van der Waals surface area (Å²) in [5.41, 5.74) is 0. The van der Waals surface area contributed by atoms with Gasteiger partial charge < -0.3 is 16.0 Å². The number of carbonyl (C=O) groups excluding carboxylic acids is 1. The van der Waals surface area contributed by atoms with Gasteiger partial charge in [0.1, 0.15) is 0 Å². The molecule has 0 heterocycles. The van der Waals surface area contributed by atoms with E-state index < -0.39 is 10.8 Å². The lowest BCUT2D eigenvalue weighted by atomic mass is 9.95. The molecule has 0 bridgehead atoms. The summed E-state index contributed by atoms with van der Waals surface area (Å²) in [5.74, 6) is 1.60. The van der Waals surface area contributed by atoms with Gasteiger partial charge in [-0.1, -0.05) is 32.6 Å². The first-order chi connectivity index (χ1) is 12.6.